The van der Waals surface area contributed by atoms with Crippen molar-refractivity contribution in [1.29, 1.82) is 0 Å². The fourth-order valence-corrected chi connectivity index (χ4v) is 6.48. The molecule has 0 aromatic heterocycles. The van der Waals surface area contributed by atoms with Crippen LogP contribution >= 0.6 is 69.6 Å². The zero-order chi connectivity index (χ0) is 20.8. The highest BCUT2D eigenvalue weighted by atomic mass is 35.5. The van der Waals surface area contributed by atoms with Crippen molar-refractivity contribution >= 4 is 80.4 Å². The standard InChI is InChI=1S/C22H18Cl6/c1-9-5-13-14(6-10(9)2)20(24)18-17(19(13)23)21(25,26)15-7-11(3)12(4)8-16(15)22(18,27)28/h5-8,11-12H,1-4H3. The van der Waals surface area contributed by atoms with Crippen LogP contribution in [0.2, 0.25) is 10.0 Å². The molecule has 28 heavy (non-hydrogen) atoms. The van der Waals surface area contributed by atoms with Gasteiger partial charge in [0.15, 0.2) is 8.67 Å². The number of alkyl halides is 4. The van der Waals surface area contributed by atoms with E-state index in [1.54, 1.807) is 0 Å². The van der Waals surface area contributed by atoms with Crippen LogP contribution in [0, 0.1) is 25.7 Å². The van der Waals surface area contributed by atoms with Crippen LogP contribution in [-0.2, 0) is 8.67 Å². The molecule has 0 heterocycles. The first-order chi connectivity index (χ1) is 12.9. The molecule has 0 saturated heterocycles. The minimum absolute atomic E-state index is 0.237. The molecule has 2 aliphatic carbocycles. The van der Waals surface area contributed by atoms with Crippen molar-refractivity contribution in [3.05, 3.63) is 67.7 Å². The third-order valence-corrected chi connectivity index (χ3v) is 8.43. The third kappa shape index (κ3) is 2.79. The molecule has 148 valence electrons. The second kappa shape index (κ2) is 6.71. The Morgan fingerprint density at radius 2 is 1.00 bits per heavy atom. The van der Waals surface area contributed by atoms with E-state index in [2.05, 4.69) is 13.8 Å². The molecule has 2 unspecified atom stereocenters. The molecule has 4 rings (SSSR count). The van der Waals surface area contributed by atoms with E-state index >= 15 is 0 Å². The number of halogens is 6. The van der Waals surface area contributed by atoms with Gasteiger partial charge in [0.1, 0.15) is 0 Å². The van der Waals surface area contributed by atoms with E-state index in [0.29, 0.717) is 32.3 Å². The van der Waals surface area contributed by atoms with Crippen LogP contribution in [0.25, 0.3) is 10.8 Å². The first-order valence-electron chi connectivity index (χ1n) is 9.02. The van der Waals surface area contributed by atoms with E-state index in [1.165, 1.54) is 0 Å². The molecule has 2 atom stereocenters. The minimum atomic E-state index is -1.41. The van der Waals surface area contributed by atoms with Crippen molar-refractivity contribution in [2.75, 3.05) is 0 Å². The van der Waals surface area contributed by atoms with Crippen molar-refractivity contribution in [3.8, 4) is 0 Å². The van der Waals surface area contributed by atoms with E-state index in [0.717, 1.165) is 21.9 Å². The van der Waals surface area contributed by atoms with Gasteiger partial charge in [0, 0.05) is 21.9 Å². The number of benzene rings is 2. The summed E-state index contributed by atoms with van der Waals surface area (Å²) in [6, 6.07) is 4.00. The Labute approximate surface area is 195 Å². The Morgan fingerprint density at radius 3 is 1.32 bits per heavy atom. The number of allylic oxidation sites excluding steroid dienone is 4. The SMILES string of the molecule is Cc1cc2c(Cl)c3c(c(Cl)c2cc1C)C(Cl)(Cl)C1=CC(C)C(C)C=C1C3(Cl)Cl. The lowest BCUT2D eigenvalue weighted by Crippen LogP contribution is -2.36. The summed E-state index contributed by atoms with van der Waals surface area (Å²) in [4.78, 5) is 0. The van der Waals surface area contributed by atoms with Gasteiger partial charge in [0.05, 0.1) is 10.0 Å². The van der Waals surface area contributed by atoms with Gasteiger partial charge >= 0.3 is 0 Å². The van der Waals surface area contributed by atoms with Crippen LogP contribution in [-0.4, -0.2) is 0 Å². The lowest BCUT2D eigenvalue weighted by molar-refractivity contribution is 0.532. The van der Waals surface area contributed by atoms with E-state index in [-0.39, 0.29) is 11.8 Å². The Morgan fingerprint density at radius 1 is 0.679 bits per heavy atom. The molecular weight excluding hydrogens is 477 g/mol. The van der Waals surface area contributed by atoms with Crippen LogP contribution in [0.15, 0.2) is 35.4 Å². The Hall–Kier alpha value is -0.0800. The number of hydrogen-bond donors (Lipinski definition) is 0. The van der Waals surface area contributed by atoms with E-state index in [9.17, 15) is 0 Å². The predicted molar refractivity (Wildman–Crippen MR) is 125 cm³/mol. The number of hydrogen-bond acceptors (Lipinski definition) is 0. The predicted octanol–water partition coefficient (Wildman–Crippen LogP) is 9.18. The molecule has 6 heteroatoms. The van der Waals surface area contributed by atoms with Crippen molar-refractivity contribution in [2.24, 2.45) is 11.8 Å². The van der Waals surface area contributed by atoms with Gasteiger partial charge in [-0.3, -0.25) is 0 Å². The Kier molecular flexibility index (Phi) is 5.07. The van der Waals surface area contributed by atoms with Gasteiger partial charge in [0.25, 0.3) is 0 Å². The van der Waals surface area contributed by atoms with Gasteiger partial charge in [-0.15, -0.1) is 0 Å². The van der Waals surface area contributed by atoms with Crippen molar-refractivity contribution < 1.29 is 0 Å². The second-order valence-electron chi connectivity index (χ2n) is 7.89. The van der Waals surface area contributed by atoms with Crippen LogP contribution in [0.5, 0.6) is 0 Å². The summed E-state index contributed by atoms with van der Waals surface area (Å²) >= 11 is 41.6. The molecule has 0 spiro atoms. The highest BCUT2D eigenvalue weighted by Gasteiger charge is 2.54. The molecule has 2 aliphatic rings. The van der Waals surface area contributed by atoms with E-state index < -0.39 is 8.67 Å². The van der Waals surface area contributed by atoms with Gasteiger partial charge in [-0.2, -0.15) is 0 Å². The molecule has 0 saturated carbocycles. The number of aryl methyl sites for hydroxylation is 2. The summed E-state index contributed by atoms with van der Waals surface area (Å²) in [7, 11) is 0. The van der Waals surface area contributed by atoms with E-state index in [1.807, 2.05) is 38.1 Å². The molecule has 0 bridgehead atoms. The molecule has 0 N–H and O–H groups in total. The summed E-state index contributed by atoms with van der Waals surface area (Å²) < 4.78 is -2.81. The lowest BCUT2D eigenvalue weighted by Gasteiger charge is -2.44. The van der Waals surface area contributed by atoms with Crippen LogP contribution in [0.3, 0.4) is 0 Å². The first-order valence-corrected chi connectivity index (χ1v) is 11.3. The molecule has 0 amide bonds. The smallest absolute Gasteiger partial charge is 0.0908 e. The van der Waals surface area contributed by atoms with Crippen LogP contribution in [0.4, 0.5) is 0 Å². The van der Waals surface area contributed by atoms with Crippen molar-refractivity contribution in [1.82, 2.24) is 0 Å². The van der Waals surface area contributed by atoms with Crippen molar-refractivity contribution in [2.45, 2.75) is 36.4 Å². The van der Waals surface area contributed by atoms with Gasteiger partial charge < -0.3 is 0 Å². The van der Waals surface area contributed by atoms with Crippen LogP contribution < -0.4 is 0 Å². The molecule has 2 aromatic rings. The molecule has 0 radical (unpaired) electrons. The Bertz CT molecular complexity index is 1000. The second-order valence-corrected chi connectivity index (χ2v) is 11.3. The normalized spacial score (nSPS) is 25.1. The quantitative estimate of drug-likeness (QED) is 0.320. The summed E-state index contributed by atoms with van der Waals surface area (Å²) in [6.45, 7) is 8.26. The first kappa shape index (κ1) is 21.2. The maximum Gasteiger partial charge on any atom is 0.170 e. The van der Waals surface area contributed by atoms with Gasteiger partial charge in [-0.25, -0.2) is 0 Å². The topological polar surface area (TPSA) is 0 Å². The van der Waals surface area contributed by atoms with E-state index in [4.69, 9.17) is 69.6 Å². The average molecular weight is 495 g/mol. The summed E-state index contributed by atoms with van der Waals surface area (Å²) in [5.74, 6) is 0.474. The largest absolute Gasteiger partial charge is 0.170 e. The van der Waals surface area contributed by atoms with Gasteiger partial charge in [0.2, 0.25) is 0 Å². The zero-order valence-corrected chi connectivity index (χ0v) is 20.3. The fourth-order valence-electron chi connectivity index (χ4n) is 4.08. The van der Waals surface area contributed by atoms with Gasteiger partial charge in [-0.05, 0) is 60.1 Å². The lowest BCUT2D eigenvalue weighted by atomic mass is 9.74. The maximum absolute atomic E-state index is 6.96. The molecular formula is C22H18Cl6. The molecule has 0 aliphatic heterocycles. The highest BCUT2D eigenvalue weighted by molar-refractivity contribution is 6.57. The van der Waals surface area contributed by atoms with Crippen molar-refractivity contribution in [3.63, 3.8) is 0 Å². The molecule has 0 fully saturated rings. The van der Waals surface area contributed by atoms with Gasteiger partial charge in [-0.1, -0.05) is 95.6 Å². The highest BCUT2D eigenvalue weighted by Crippen LogP contribution is 2.65. The molecule has 0 nitrogen and oxygen atoms in total. The van der Waals surface area contributed by atoms with Crippen LogP contribution in [0.1, 0.15) is 36.1 Å². The Balaban J connectivity index is 2.20. The molecule has 2 aromatic carbocycles. The monoisotopic (exact) mass is 492 g/mol. The summed E-state index contributed by atoms with van der Waals surface area (Å²) in [5, 5.41) is 2.43. The summed E-state index contributed by atoms with van der Waals surface area (Å²) in [5.41, 5.74) is 4.49. The zero-order valence-electron chi connectivity index (χ0n) is 15.7. The maximum atomic E-state index is 6.96. The fraction of sp³-hybridized carbons (Fsp3) is 0.364. The third-order valence-electron chi connectivity index (χ3n) is 6.08. The minimum Gasteiger partial charge on any atom is -0.0908 e. The average Bonchev–Trinajstić information content (AvgIpc) is 2.59. The summed E-state index contributed by atoms with van der Waals surface area (Å²) in [6.07, 6.45) is 4.08. The number of rotatable bonds is 0. The number of fused-ring (bicyclic) bond motifs is 3.